The lowest BCUT2D eigenvalue weighted by Gasteiger charge is -2.25. The van der Waals surface area contributed by atoms with Gasteiger partial charge in [-0.1, -0.05) is 36.4 Å². The fourth-order valence-electron chi connectivity index (χ4n) is 3.80. The molecular weight excluding hydrogens is 409 g/mol. The number of hydrogen-bond donors (Lipinski definition) is 1. The summed E-state index contributed by atoms with van der Waals surface area (Å²) in [7, 11) is 0. The largest absolute Gasteiger partial charge is 0.507 e. The van der Waals surface area contributed by atoms with Gasteiger partial charge in [0.2, 0.25) is 0 Å². The number of halogens is 1. The number of carbonyl (C=O) groups is 2. The molecular formula is C26H22FNO4. The highest BCUT2D eigenvalue weighted by molar-refractivity contribution is 6.51. The Kier molecular flexibility index (Phi) is 5.77. The summed E-state index contributed by atoms with van der Waals surface area (Å²) >= 11 is 0. The predicted octanol–water partition coefficient (Wildman–Crippen LogP) is 5.24. The number of nitrogens with zero attached hydrogens (tertiary/aromatic N) is 1. The van der Waals surface area contributed by atoms with Gasteiger partial charge in [-0.05, 0) is 56.3 Å². The van der Waals surface area contributed by atoms with Crippen LogP contribution in [0.2, 0.25) is 0 Å². The second kappa shape index (κ2) is 8.67. The number of para-hydroxylation sites is 1. The number of aliphatic hydroxyl groups is 1. The second-order valence-corrected chi connectivity index (χ2v) is 7.72. The highest BCUT2D eigenvalue weighted by atomic mass is 19.1. The van der Waals surface area contributed by atoms with Crippen molar-refractivity contribution in [3.63, 3.8) is 0 Å². The number of benzene rings is 3. The van der Waals surface area contributed by atoms with Gasteiger partial charge in [0.1, 0.15) is 17.3 Å². The minimum Gasteiger partial charge on any atom is -0.507 e. The SMILES string of the molecule is CC(C)Oc1ccc(/C(O)=C2/C(=O)C(=O)N(c3ccccc3)C2c2ccccc2F)cc1. The van der Waals surface area contributed by atoms with Crippen molar-refractivity contribution in [3.05, 3.63) is 101 Å². The summed E-state index contributed by atoms with van der Waals surface area (Å²) in [5.74, 6) is -2.04. The van der Waals surface area contributed by atoms with Crippen molar-refractivity contribution in [1.82, 2.24) is 0 Å². The zero-order valence-corrected chi connectivity index (χ0v) is 17.7. The Hall–Kier alpha value is -3.93. The molecule has 3 aromatic carbocycles. The number of anilines is 1. The molecule has 0 saturated carbocycles. The number of ketones is 1. The number of carbonyl (C=O) groups excluding carboxylic acids is 2. The fraction of sp³-hybridized carbons (Fsp3) is 0.154. The molecule has 32 heavy (non-hydrogen) atoms. The molecule has 4 rings (SSSR count). The first-order chi connectivity index (χ1) is 15.4. The first-order valence-electron chi connectivity index (χ1n) is 10.3. The van der Waals surface area contributed by atoms with Gasteiger partial charge >= 0.3 is 0 Å². The summed E-state index contributed by atoms with van der Waals surface area (Å²) in [5, 5.41) is 11.1. The molecule has 1 amide bonds. The molecule has 1 unspecified atom stereocenters. The molecule has 1 N–H and O–H groups in total. The average molecular weight is 431 g/mol. The molecule has 1 heterocycles. The van der Waals surface area contributed by atoms with Crippen LogP contribution in [0.15, 0.2) is 84.4 Å². The quantitative estimate of drug-likeness (QED) is 0.341. The smallest absolute Gasteiger partial charge is 0.300 e. The third kappa shape index (κ3) is 3.87. The van der Waals surface area contributed by atoms with Gasteiger partial charge in [0.25, 0.3) is 11.7 Å². The van der Waals surface area contributed by atoms with Gasteiger partial charge in [-0.25, -0.2) is 4.39 Å². The van der Waals surface area contributed by atoms with Gasteiger partial charge in [0.05, 0.1) is 17.7 Å². The van der Waals surface area contributed by atoms with Crippen LogP contribution in [0.25, 0.3) is 5.76 Å². The molecule has 0 aliphatic carbocycles. The summed E-state index contributed by atoms with van der Waals surface area (Å²) in [6, 6.07) is 19.9. The van der Waals surface area contributed by atoms with E-state index in [4.69, 9.17) is 4.74 Å². The molecule has 0 aromatic heterocycles. The zero-order chi connectivity index (χ0) is 22.8. The molecule has 0 bridgehead atoms. The van der Waals surface area contributed by atoms with E-state index in [9.17, 15) is 19.1 Å². The van der Waals surface area contributed by atoms with Crippen LogP contribution in [0.1, 0.15) is 31.0 Å². The maximum atomic E-state index is 14.8. The summed E-state index contributed by atoms with van der Waals surface area (Å²) in [6.07, 6.45) is -0.0216. The Bertz CT molecular complexity index is 1190. The summed E-state index contributed by atoms with van der Waals surface area (Å²) in [5.41, 5.74) is 0.717. The van der Waals surface area contributed by atoms with E-state index >= 15 is 0 Å². The number of hydrogen-bond acceptors (Lipinski definition) is 4. The van der Waals surface area contributed by atoms with Crippen LogP contribution < -0.4 is 9.64 Å². The molecule has 0 spiro atoms. The molecule has 1 fully saturated rings. The monoisotopic (exact) mass is 431 g/mol. The first kappa shape index (κ1) is 21.3. The molecule has 0 radical (unpaired) electrons. The third-order valence-corrected chi connectivity index (χ3v) is 5.18. The maximum absolute atomic E-state index is 14.8. The van der Waals surface area contributed by atoms with Crippen LogP contribution >= 0.6 is 0 Å². The Balaban J connectivity index is 1.88. The first-order valence-corrected chi connectivity index (χ1v) is 10.3. The number of aliphatic hydroxyl groups excluding tert-OH is 1. The summed E-state index contributed by atoms with van der Waals surface area (Å²) in [4.78, 5) is 27.3. The van der Waals surface area contributed by atoms with E-state index in [1.165, 1.54) is 23.1 Å². The molecule has 162 valence electrons. The molecule has 1 saturated heterocycles. The summed E-state index contributed by atoms with van der Waals surface area (Å²) in [6.45, 7) is 3.79. The normalized spacial score (nSPS) is 17.8. The Morgan fingerprint density at radius 2 is 1.56 bits per heavy atom. The topological polar surface area (TPSA) is 66.8 Å². The number of rotatable bonds is 5. The molecule has 1 atom stereocenters. The van der Waals surface area contributed by atoms with Crippen molar-refractivity contribution in [1.29, 1.82) is 0 Å². The lowest BCUT2D eigenvalue weighted by atomic mass is 9.94. The van der Waals surface area contributed by atoms with Gasteiger partial charge in [0.15, 0.2) is 0 Å². The van der Waals surface area contributed by atoms with Crippen LogP contribution in [0.3, 0.4) is 0 Å². The van der Waals surface area contributed by atoms with Crippen molar-refractivity contribution in [2.45, 2.75) is 26.0 Å². The zero-order valence-electron chi connectivity index (χ0n) is 17.7. The predicted molar refractivity (Wildman–Crippen MR) is 120 cm³/mol. The maximum Gasteiger partial charge on any atom is 0.300 e. The minimum absolute atomic E-state index is 0.0216. The Labute approximate surface area is 185 Å². The van der Waals surface area contributed by atoms with Crippen LogP contribution in [-0.4, -0.2) is 22.9 Å². The van der Waals surface area contributed by atoms with E-state index in [2.05, 4.69) is 0 Å². The molecule has 3 aromatic rings. The molecule has 5 nitrogen and oxygen atoms in total. The average Bonchev–Trinajstić information content (AvgIpc) is 3.05. The standard InChI is InChI=1S/C26H22FNO4/c1-16(2)32-19-14-12-17(13-15-19)24(29)22-23(20-10-6-7-11-21(20)27)28(26(31)25(22)30)18-8-4-3-5-9-18/h3-16,23,29H,1-2H3/b24-22-. The van der Waals surface area contributed by atoms with E-state index in [1.54, 1.807) is 60.7 Å². The second-order valence-electron chi connectivity index (χ2n) is 7.72. The van der Waals surface area contributed by atoms with Crippen molar-refractivity contribution < 1.29 is 23.8 Å². The van der Waals surface area contributed by atoms with Crippen LogP contribution in [-0.2, 0) is 9.59 Å². The van der Waals surface area contributed by atoms with Crippen molar-refractivity contribution >= 4 is 23.1 Å². The minimum atomic E-state index is -1.11. The van der Waals surface area contributed by atoms with E-state index < -0.39 is 23.5 Å². The van der Waals surface area contributed by atoms with Crippen LogP contribution in [0, 0.1) is 5.82 Å². The van der Waals surface area contributed by atoms with Crippen molar-refractivity contribution in [2.24, 2.45) is 0 Å². The van der Waals surface area contributed by atoms with Crippen LogP contribution in [0.4, 0.5) is 10.1 Å². The van der Waals surface area contributed by atoms with Crippen molar-refractivity contribution in [3.8, 4) is 5.75 Å². The summed E-state index contributed by atoms with van der Waals surface area (Å²) < 4.78 is 20.4. The number of amides is 1. The van der Waals surface area contributed by atoms with E-state index in [0.717, 1.165) is 0 Å². The number of ether oxygens (including phenoxy) is 1. The van der Waals surface area contributed by atoms with Gasteiger partial charge in [0, 0.05) is 16.8 Å². The fourth-order valence-corrected chi connectivity index (χ4v) is 3.80. The Morgan fingerprint density at radius 3 is 2.19 bits per heavy atom. The highest BCUT2D eigenvalue weighted by Crippen LogP contribution is 2.42. The Morgan fingerprint density at radius 1 is 0.938 bits per heavy atom. The lowest BCUT2D eigenvalue weighted by Crippen LogP contribution is -2.29. The molecule has 1 aliphatic heterocycles. The van der Waals surface area contributed by atoms with E-state index in [1.807, 2.05) is 13.8 Å². The number of Topliss-reactive ketones (excluding diaryl/α,β-unsaturated/α-hetero) is 1. The van der Waals surface area contributed by atoms with Gasteiger partial charge in [-0.15, -0.1) is 0 Å². The lowest BCUT2D eigenvalue weighted by molar-refractivity contribution is -0.132. The molecule has 1 aliphatic rings. The van der Waals surface area contributed by atoms with Gasteiger partial charge < -0.3 is 9.84 Å². The van der Waals surface area contributed by atoms with Gasteiger partial charge in [-0.2, -0.15) is 0 Å². The van der Waals surface area contributed by atoms with E-state index in [0.29, 0.717) is 17.0 Å². The van der Waals surface area contributed by atoms with E-state index in [-0.39, 0.29) is 23.0 Å². The highest BCUT2D eigenvalue weighted by Gasteiger charge is 2.47. The molecule has 6 heteroatoms. The van der Waals surface area contributed by atoms with Crippen molar-refractivity contribution in [2.75, 3.05) is 4.90 Å². The third-order valence-electron chi connectivity index (χ3n) is 5.18. The van der Waals surface area contributed by atoms with Crippen LogP contribution in [0.5, 0.6) is 5.75 Å². The van der Waals surface area contributed by atoms with Gasteiger partial charge in [-0.3, -0.25) is 14.5 Å².